The van der Waals surface area contributed by atoms with Crippen molar-refractivity contribution in [3.05, 3.63) is 59.4 Å². The van der Waals surface area contributed by atoms with E-state index in [1.54, 1.807) is 23.9 Å². The van der Waals surface area contributed by atoms with Gasteiger partial charge in [-0.05, 0) is 48.5 Å². The SMILES string of the molecule is CN(CC(=O)NCCSc1ccc(Cl)cc1)S(=O)(=O)c1ccc(F)cc1. The maximum Gasteiger partial charge on any atom is 0.243 e. The number of hydrogen-bond donors (Lipinski definition) is 1. The van der Waals surface area contributed by atoms with Crippen LogP contribution in [-0.2, 0) is 14.8 Å². The molecule has 140 valence electrons. The molecule has 0 bridgehead atoms. The Hall–Kier alpha value is -1.61. The van der Waals surface area contributed by atoms with Crippen molar-refractivity contribution in [1.29, 1.82) is 0 Å². The summed E-state index contributed by atoms with van der Waals surface area (Å²) < 4.78 is 38.5. The van der Waals surface area contributed by atoms with E-state index >= 15 is 0 Å². The average molecular weight is 417 g/mol. The zero-order chi connectivity index (χ0) is 19.2. The fourth-order valence-electron chi connectivity index (χ4n) is 2.02. The van der Waals surface area contributed by atoms with E-state index in [0.29, 0.717) is 17.3 Å². The van der Waals surface area contributed by atoms with Gasteiger partial charge in [-0.25, -0.2) is 12.8 Å². The Bertz CT molecular complexity index is 843. The summed E-state index contributed by atoms with van der Waals surface area (Å²) in [6, 6.07) is 11.8. The predicted molar refractivity (Wildman–Crippen MR) is 101 cm³/mol. The van der Waals surface area contributed by atoms with E-state index in [9.17, 15) is 17.6 Å². The van der Waals surface area contributed by atoms with Crippen molar-refractivity contribution >= 4 is 39.3 Å². The fourth-order valence-corrected chi connectivity index (χ4v) is 4.04. The lowest BCUT2D eigenvalue weighted by Crippen LogP contribution is -2.39. The van der Waals surface area contributed by atoms with Gasteiger partial charge in [0.1, 0.15) is 5.82 Å². The Balaban J connectivity index is 1.79. The lowest BCUT2D eigenvalue weighted by Gasteiger charge is -2.16. The molecule has 0 heterocycles. The van der Waals surface area contributed by atoms with Gasteiger partial charge in [0.25, 0.3) is 0 Å². The van der Waals surface area contributed by atoms with Gasteiger partial charge in [-0.2, -0.15) is 4.31 Å². The number of halogens is 2. The molecule has 0 aliphatic heterocycles. The van der Waals surface area contributed by atoms with Gasteiger partial charge in [0.2, 0.25) is 15.9 Å². The van der Waals surface area contributed by atoms with Gasteiger partial charge >= 0.3 is 0 Å². The van der Waals surface area contributed by atoms with Gasteiger partial charge in [0, 0.05) is 29.3 Å². The van der Waals surface area contributed by atoms with Gasteiger partial charge in [-0.15, -0.1) is 11.8 Å². The van der Waals surface area contributed by atoms with Gasteiger partial charge in [0.15, 0.2) is 0 Å². The van der Waals surface area contributed by atoms with Crippen molar-refractivity contribution in [3.8, 4) is 0 Å². The minimum absolute atomic E-state index is 0.0625. The zero-order valence-electron chi connectivity index (χ0n) is 14.0. The van der Waals surface area contributed by atoms with Crippen LogP contribution in [-0.4, -0.2) is 44.5 Å². The maximum absolute atomic E-state index is 12.9. The highest BCUT2D eigenvalue weighted by Gasteiger charge is 2.22. The third-order valence-electron chi connectivity index (χ3n) is 3.39. The summed E-state index contributed by atoms with van der Waals surface area (Å²) in [5, 5.41) is 3.34. The molecule has 0 saturated heterocycles. The van der Waals surface area contributed by atoms with Crippen LogP contribution in [0.25, 0.3) is 0 Å². The molecule has 0 aliphatic carbocycles. The van der Waals surface area contributed by atoms with E-state index in [0.717, 1.165) is 21.3 Å². The monoisotopic (exact) mass is 416 g/mol. The van der Waals surface area contributed by atoms with Crippen molar-refractivity contribution < 1.29 is 17.6 Å². The zero-order valence-corrected chi connectivity index (χ0v) is 16.4. The molecule has 2 aromatic carbocycles. The number of carbonyl (C=O) groups is 1. The molecule has 0 radical (unpaired) electrons. The lowest BCUT2D eigenvalue weighted by molar-refractivity contribution is -0.121. The van der Waals surface area contributed by atoms with Crippen molar-refractivity contribution in [1.82, 2.24) is 9.62 Å². The number of rotatable bonds is 8. The van der Waals surface area contributed by atoms with Gasteiger partial charge in [0.05, 0.1) is 11.4 Å². The highest BCUT2D eigenvalue weighted by Crippen LogP contribution is 2.19. The van der Waals surface area contributed by atoms with Gasteiger partial charge < -0.3 is 5.32 Å². The Morgan fingerprint density at radius 1 is 1.15 bits per heavy atom. The molecule has 0 spiro atoms. The molecule has 2 aromatic rings. The van der Waals surface area contributed by atoms with Crippen LogP contribution >= 0.6 is 23.4 Å². The summed E-state index contributed by atoms with van der Waals surface area (Å²) in [7, 11) is -2.53. The molecule has 1 amide bonds. The number of hydrogen-bond acceptors (Lipinski definition) is 4. The first-order valence-electron chi connectivity index (χ1n) is 7.66. The molecule has 26 heavy (non-hydrogen) atoms. The highest BCUT2D eigenvalue weighted by molar-refractivity contribution is 7.99. The second kappa shape index (κ2) is 9.36. The molecule has 0 unspecified atom stereocenters. The van der Waals surface area contributed by atoms with Gasteiger partial charge in [-0.1, -0.05) is 11.6 Å². The van der Waals surface area contributed by atoms with Crippen molar-refractivity contribution in [2.24, 2.45) is 0 Å². The number of nitrogens with one attached hydrogen (secondary N) is 1. The van der Waals surface area contributed by atoms with Crippen LogP contribution in [0.1, 0.15) is 0 Å². The summed E-state index contributed by atoms with van der Waals surface area (Å²) in [5.74, 6) is -0.292. The first-order chi connectivity index (χ1) is 12.3. The number of sulfonamides is 1. The summed E-state index contributed by atoms with van der Waals surface area (Å²) in [4.78, 5) is 12.9. The van der Waals surface area contributed by atoms with E-state index in [1.807, 2.05) is 12.1 Å². The maximum atomic E-state index is 12.9. The third-order valence-corrected chi connectivity index (χ3v) is 6.48. The van der Waals surface area contributed by atoms with Crippen molar-refractivity contribution in [3.63, 3.8) is 0 Å². The second-order valence-corrected chi connectivity index (χ2v) is 9.02. The van der Waals surface area contributed by atoms with E-state index in [2.05, 4.69) is 5.32 Å². The third kappa shape index (κ3) is 5.98. The van der Waals surface area contributed by atoms with E-state index in [1.165, 1.54) is 19.2 Å². The summed E-state index contributed by atoms with van der Waals surface area (Å²) in [5.41, 5.74) is 0. The smallest absolute Gasteiger partial charge is 0.243 e. The second-order valence-electron chi connectivity index (χ2n) is 5.37. The lowest BCUT2D eigenvalue weighted by atomic mass is 10.4. The molecule has 0 aromatic heterocycles. The van der Waals surface area contributed by atoms with Crippen LogP contribution in [0.4, 0.5) is 4.39 Å². The van der Waals surface area contributed by atoms with Crippen LogP contribution < -0.4 is 5.32 Å². The number of amides is 1. The Kier molecular flexibility index (Phi) is 7.45. The highest BCUT2D eigenvalue weighted by atomic mass is 35.5. The van der Waals surface area contributed by atoms with E-state index in [4.69, 9.17) is 11.6 Å². The number of carbonyl (C=O) groups excluding carboxylic acids is 1. The molecule has 9 heteroatoms. The first-order valence-corrected chi connectivity index (χ1v) is 10.5. The molecule has 0 saturated carbocycles. The largest absolute Gasteiger partial charge is 0.354 e. The first kappa shape index (κ1) is 20.7. The Labute approximate surface area is 161 Å². The van der Waals surface area contributed by atoms with Crippen LogP contribution in [0, 0.1) is 5.82 Å². The molecule has 5 nitrogen and oxygen atoms in total. The van der Waals surface area contributed by atoms with Crippen molar-refractivity contribution in [2.75, 3.05) is 25.9 Å². The molecule has 1 N–H and O–H groups in total. The quantitative estimate of drug-likeness (QED) is 0.530. The normalized spacial score (nSPS) is 11.5. The topological polar surface area (TPSA) is 66.5 Å². The number of thioether (sulfide) groups is 1. The van der Waals surface area contributed by atoms with Crippen molar-refractivity contribution in [2.45, 2.75) is 9.79 Å². The van der Waals surface area contributed by atoms with E-state index in [-0.39, 0.29) is 11.4 Å². The minimum atomic E-state index is -3.84. The minimum Gasteiger partial charge on any atom is -0.354 e. The average Bonchev–Trinajstić information content (AvgIpc) is 2.60. The van der Waals surface area contributed by atoms with Crippen LogP contribution in [0.15, 0.2) is 58.3 Å². The number of benzene rings is 2. The number of nitrogens with zero attached hydrogens (tertiary/aromatic N) is 1. The van der Waals surface area contributed by atoms with Gasteiger partial charge in [-0.3, -0.25) is 4.79 Å². The summed E-state index contributed by atoms with van der Waals surface area (Å²) in [6.07, 6.45) is 0. The molecule has 0 aliphatic rings. The molecular weight excluding hydrogens is 399 g/mol. The Morgan fingerprint density at radius 2 is 1.77 bits per heavy atom. The molecule has 0 atom stereocenters. The predicted octanol–water partition coefficient (Wildman–Crippen LogP) is 3.01. The van der Waals surface area contributed by atoms with E-state index < -0.39 is 21.7 Å². The number of likely N-dealkylation sites (N-methyl/N-ethyl adjacent to an activating group) is 1. The van der Waals surface area contributed by atoms with Crippen LogP contribution in [0.5, 0.6) is 0 Å². The molecule has 2 rings (SSSR count). The van der Waals surface area contributed by atoms with Crippen LogP contribution in [0.3, 0.4) is 0 Å². The summed E-state index contributed by atoms with van der Waals surface area (Å²) >= 11 is 7.37. The summed E-state index contributed by atoms with van der Waals surface area (Å²) in [6.45, 7) is 0.0852. The standard InChI is InChI=1S/C17H18ClFN2O3S2/c1-21(26(23,24)16-8-4-14(19)5-9-16)12-17(22)20-10-11-25-15-6-2-13(18)3-7-15/h2-9H,10-12H2,1H3,(H,20,22). The van der Waals surface area contributed by atoms with Crippen LogP contribution in [0.2, 0.25) is 5.02 Å². The Morgan fingerprint density at radius 3 is 2.38 bits per heavy atom. The molecular formula is C17H18ClFN2O3S2. The fraction of sp³-hybridized carbons (Fsp3) is 0.235. The molecule has 0 fully saturated rings.